The van der Waals surface area contributed by atoms with Crippen LogP contribution in [0.5, 0.6) is 0 Å². The molecule has 0 aromatic rings. The van der Waals surface area contributed by atoms with Crippen molar-refractivity contribution in [1.82, 2.24) is 53.3 Å². The van der Waals surface area contributed by atoms with Gasteiger partial charge in [-0.3, -0.25) is 0 Å². The van der Waals surface area contributed by atoms with Crippen LogP contribution in [0, 0.1) is 83.7 Å². The fraction of sp³-hybridized carbons (Fsp3) is 1.00. The molecule has 0 aliphatic carbocycles. The number of piperazine rings is 2. The van der Waals surface area contributed by atoms with Gasteiger partial charge in [-0.15, -0.1) is 0 Å². The largest absolute Gasteiger partial charge is 0.426 e. The van der Waals surface area contributed by atoms with Crippen LogP contribution in [0.15, 0.2) is 0 Å². The fourth-order valence-corrected chi connectivity index (χ4v) is 20.1. The van der Waals surface area contributed by atoms with Crippen LogP contribution >= 0.6 is 0 Å². The molecule has 8 saturated heterocycles. The third-order valence-corrected chi connectivity index (χ3v) is 27.2. The van der Waals surface area contributed by atoms with Gasteiger partial charge in [-0.05, 0) is 282 Å². The maximum Gasteiger partial charge on any atom is 0.426 e. The molecule has 8 rings (SSSR count). The number of halogens is 6. The van der Waals surface area contributed by atoms with E-state index in [0.29, 0.717) is 74.8 Å². The summed E-state index contributed by atoms with van der Waals surface area (Å²) in [5.74, 6) is 1.19. The molecular weight excluding hydrogens is 1590 g/mol. The molecular formula is C101H207F6N11O5S. The summed E-state index contributed by atoms with van der Waals surface area (Å²) in [6, 6.07) is 0.811. The number of aliphatic hydroxyl groups is 2. The number of piperidine rings is 6. The Labute approximate surface area is 764 Å². The monoisotopic (exact) mass is 1800 g/mol. The molecule has 2 N–H and O–H groups in total. The van der Waals surface area contributed by atoms with Crippen molar-refractivity contribution in [1.29, 1.82) is 0 Å². The molecule has 0 bridgehead atoms. The van der Waals surface area contributed by atoms with Gasteiger partial charge in [-0.25, -0.2) is 8.42 Å². The predicted molar refractivity (Wildman–Crippen MR) is 519 cm³/mol. The van der Waals surface area contributed by atoms with E-state index in [0.717, 1.165) is 63.4 Å². The zero-order valence-electron chi connectivity index (χ0n) is 88.7. The molecule has 8 aliphatic heterocycles. The summed E-state index contributed by atoms with van der Waals surface area (Å²) in [5.41, 5.74) is -1.23. The molecule has 124 heavy (non-hydrogen) atoms. The minimum Gasteiger partial charge on any atom is -0.390 e. The van der Waals surface area contributed by atoms with Gasteiger partial charge in [-0.2, -0.15) is 30.6 Å². The van der Waals surface area contributed by atoms with Gasteiger partial charge in [0.2, 0.25) is 10.0 Å². The fourth-order valence-electron chi connectivity index (χ4n) is 19.2. The number of sulfonamides is 1. The predicted octanol–water partition coefficient (Wildman–Crippen LogP) is 21.2. The number of nitrogens with zero attached hydrogens (tertiary/aromatic N) is 11. The number of alkyl halides is 6. The average molecular weight is 1800 g/mol. The second-order valence-electron chi connectivity index (χ2n) is 52.3. The summed E-state index contributed by atoms with van der Waals surface area (Å²) in [6.07, 6.45) is 2.24. The highest BCUT2D eigenvalue weighted by molar-refractivity contribution is 7.88. The number of likely N-dealkylation sites (tertiary alicyclic amines) is 6. The Balaban J connectivity index is 0.000000711. The van der Waals surface area contributed by atoms with E-state index in [2.05, 4.69) is 266 Å². The van der Waals surface area contributed by atoms with Crippen molar-refractivity contribution in [2.75, 3.05) is 217 Å². The number of methoxy groups -OCH3 is 1. The normalized spacial score (nSPS) is 21.7. The summed E-state index contributed by atoms with van der Waals surface area (Å²) in [4.78, 5) is 24.7. The summed E-state index contributed by atoms with van der Waals surface area (Å²) in [5, 5.41) is 19.3. The van der Waals surface area contributed by atoms with Crippen molar-refractivity contribution in [3.05, 3.63) is 0 Å². The smallest absolute Gasteiger partial charge is 0.390 e. The number of ether oxygens (including phenoxy) is 1. The third kappa shape index (κ3) is 52.6. The highest BCUT2D eigenvalue weighted by Crippen LogP contribution is 2.51. The molecule has 8 aliphatic rings. The number of hydrogen-bond acceptors (Lipinski definition) is 15. The van der Waals surface area contributed by atoms with E-state index >= 15 is 0 Å². The van der Waals surface area contributed by atoms with E-state index in [4.69, 9.17) is 4.74 Å². The molecule has 16 nitrogen and oxygen atoms in total. The van der Waals surface area contributed by atoms with Crippen LogP contribution in [-0.2, 0) is 14.8 Å². The van der Waals surface area contributed by atoms with Crippen molar-refractivity contribution in [3.8, 4) is 0 Å². The first-order valence-corrected chi connectivity index (χ1v) is 50.7. The molecule has 0 radical (unpaired) electrons. The summed E-state index contributed by atoms with van der Waals surface area (Å²) < 4.78 is 106. The van der Waals surface area contributed by atoms with Gasteiger partial charge in [0.1, 0.15) is 0 Å². The van der Waals surface area contributed by atoms with Gasteiger partial charge < -0.3 is 63.9 Å². The molecule has 0 spiro atoms. The molecule has 0 amide bonds. The molecule has 8 heterocycles. The Kier molecular flexibility index (Phi) is 49.3. The summed E-state index contributed by atoms with van der Waals surface area (Å²) in [6.45, 7) is 110. The Morgan fingerprint density at radius 3 is 0.677 bits per heavy atom. The topological polar surface area (TPSA) is 119 Å². The Morgan fingerprint density at radius 2 is 0.492 bits per heavy atom. The molecule has 744 valence electrons. The lowest BCUT2D eigenvalue weighted by Crippen LogP contribution is -2.63. The molecule has 8 fully saturated rings. The highest BCUT2D eigenvalue weighted by atomic mass is 32.2. The second-order valence-corrected chi connectivity index (χ2v) is 54.3. The maximum absolute atomic E-state index is 12.8. The van der Waals surface area contributed by atoms with Crippen molar-refractivity contribution >= 4 is 10.0 Å². The number of likely N-dealkylation sites (N-methyl/N-ethyl adjacent to an activating group) is 1. The Hall–Kier alpha value is -1.03. The first-order chi connectivity index (χ1) is 55.6. The lowest BCUT2D eigenvalue weighted by atomic mass is 9.75. The first kappa shape index (κ1) is 121. The van der Waals surface area contributed by atoms with Crippen LogP contribution in [0.4, 0.5) is 26.3 Å². The quantitative estimate of drug-likeness (QED) is 0.151. The van der Waals surface area contributed by atoms with Gasteiger partial charge in [-0.1, -0.05) is 215 Å². The zero-order valence-corrected chi connectivity index (χ0v) is 89.5. The molecule has 23 heteroatoms. The van der Waals surface area contributed by atoms with Gasteiger partial charge in [0, 0.05) is 124 Å². The second kappa shape index (κ2) is 50.5. The van der Waals surface area contributed by atoms with Gasteiger partial charge >= 0.3 is 12.4 Å². The SMILES string of the molecule is CC(C)(C)CN1CCC(C(C)(C)C)CC1.CC(C)(C)CN1CCC(C(C)(C)C)CC1.CC(C)(C)CN1CCC(C(C)(C)O)CC1.CC(C)(C)CN1CCC(C(O)(C(F)(F)F)C(F)(F)F)CC1.CC(C)(C)CN1CCN(S(C)(=O)=O)CC1.CCN1CCN(CC(C)(C)C)CC1.CN(C)C1CCN(CC(C)(C)C)CC1.COC(C)(C)C1CCN(CC(C)(C)C)CC1. The van der Waals surface area contributed by atoms with Crippen LogP contribution in [-0.4, -0.2) is 324 Å². The minimum absolute atomic E-state index is 0.0494. The zero-order chi connectivity index (χ0) is 96.5. The maximum atomic E-state index is 12.8. The number of hydrogen-bond donors (Lipinski definition) is 2. The van der Waals surface area contributed by atoms with Crippen LogP contribution in [0.1, 0.15) is 319 Å². The minimum atomic E-state index is -5.72. The summed E-state index contributed by atoms with van der Waals surface area (Å²) >= 11 is 0. The van der Waals surface area contributed by atoms with Crippen molar-refractivity contribution in [2.45, 2.75) is 355 Å². The Morgan fingerprint density at radius 1 is 0.298 bits per heavy atom. The first-order valence-electron chi connectivity index (χ1n) is 48.8. The van der Waals surface area contributed by atoms with Crippen molar-refractivity contribution in [2.24, 2.45) is 83.7 Å². The van der Waals surface area contributed by atoms with Crippen molar-refractivity contribution in [3.63, 3.8) is 0 Å². The lowest BCUT2D eigenvalue weighted by Gasteiger charge is -2.43. The molecule has 0 saturated carbocycles. The summed E-state index contributed by atoms with van der Waals surface area (Å²) in [7, 11) is 3.25. The van der Waals surface area contributed by atoms with Gasteiger partial charge in [0.05, 0.1) is 17.5 Å². The Bertz CT molecular complexity index is 2800. The average Bonchev–Trinajstić information content (AvgIpc) is 0.745. The molecule has 0 aromatic heterocycles. The van der Waals surface area contributed by atoms with Gasteiger partial charge in [0.25, 0.3) is 5.60 Å². The van der Waals surface area contributed by atoms with E-state index in [1.54, 1.807) is 4.31 Å². The lowest BCUT2D eigenvalue weighted by molar-refractivity contribution is -0.387. The standard InChI is InChI=1S/C14H29NO.2C14H29N.C13H21F6NO.C13H27NO.C12H26N2.C11H24N2.C10H22N2O2S/c1-13(2,3)11-15-9-7-12(8-10-15)14(4,5)16-6;2*1-13(2,3)11-15-9-7-12(8-10-15)14(4,5)6;1-10(2,3)8-20-6-4-9(5-7-20)11(21,12(14,15)16)13(17,18)19;1-12(2,3)10-14-8-6-11(7-9-14)13(4,5)15;1-12(2,3)10-14-8-6-11(7-9-14)13(4)5;1-5-12-6-8-13(9-7-12)10-11(2,3)4;1-10(2,3)9-11-5-7-12(8-6-11)15(4,13)14/h12H,7-11H2,1-6H3;2*12H,7-11H2,1-6H3;9,21H,4-8H2,1-3H3;11,15H,6-10H2,1-5H3;11H,6-10H2,1-5H3;5-10H2,1-4H3;5-9H2,1-4H3. The third-order valence-electron chi connectivity index (χ3n) is 25.9. The van der Waals surface area contributed by atoms with E-state index < -0.39 is 39.5 Å². The van der Waals surface area contributed by atoms with Crippen LogP contribution < -0.4 is 0 Å². The van der Waals surface area contributed by atoms with E-state index in [1.807, 2.05) is 46.6 Å². The van der Waals surface area contributed by atoms with Crippen LogP contribution in [0.2, 0.25) is 0 Å². The molecule has 0 atom stereocenters. The van der Waals surface area contributed by atoms with Crippen LogP contribution in [0.3, 0.4) is 0 Å². The van der Waals surface area contributed by atoms with E-state index in [-0.39, 0.29) is 42.4 Å². The van der Waals surface area contributed by atoms with Gasteiger partial charge in [0.15, 0.2) is 0 Å². The van der Waals surface area contributed by atoms with E-state index in [1.165, 1.54) is 182 Å². The van der Waals surface area contributed by atoms with Crippen LogP contribution in [0.25, 0.3) is 0 Å². The highest BCUT2D eigenvalue weighted by Gasteiger charge is 2.73. The van der Waals surface area contributed by atoms with E-state index in [9.17, 15) is 45.0 Å². The molecule has 0 unspecified atom stereocenters. The van der Waals surface area contributed by atoms with Crippen molar-refractivity contribution < 1.29 is 49.7 Å². The molecule has 0 aromatic carbocycles. The number of rotatable bonds is 15.